The van der Waals surface area contributed by atoms with Gasteiger partial charge in [0.15, 0.2) is 11.2 Å². The second-order valence-electron chi connectivity index (χ2n) is 4.12. The van der Waals surface area contributed by atoms with Crippen LogP contribution in [0, 0.1) is 0 Å². The van der Waals surface area contributed by atoms with Crippen molar-refractivity contribution < 1.29 is 4.74 Å². The predicted molar refractivity (Wildman–Crippen MR) is 71.8 cm³/mol. The summed E-state index contributed by atoms with van der Waals surface area (Å²) in [6.45, 7) is 1.38. The Morgan fingerprint density at radius 1 is 1.26 bits per heavy atom. The number of aryl methyl sites for hydroxylation is 1. The van der Waals surface area contributed by atoms with Gasteiger partial charge in [-0.1, -0.05) is 0 Å². The minimum atomic E-state index is -0.388. The number of fused-ring (bicyclic) bond motifs is 1. The van der Waals surface area contributed by atoms with E-state index < -0.39 is 0 Å². The molecule has 0 saturated heterocycles. The number of hydrogen-bond donors (Lipinski definition) is 0. The van der Waals surface area contributed by atoms with E-state index in [2.05, 4.69) is 4.98 Å². The fourth-order valence-electron chi connectivity index (χ4n) is 1.89. The Balaban J connectivity index is 2.43. The van der Waals surface area contributed by atoms with Gasteiger partial charge in [0.25, 0.3) is 5.56 Å². The number of rotatable bonds is 5. The van der Waals surface area contributed by atoms with Crippen LogP contribution in [0.3, 0.4) is 0 Å². The van der Waals surface area contributed by atoms with Crippen molar-refractivity contribution in [2.75, 3.05) is 19.1 Å². The van der Waals surface area contributed by atoms with E-state index >= 15 is 0 Å². The standard InChI is InChI=1S/C11H15ClN4O3/c1-14-9-8(10(17)15(2)11(14)18)16(7-13-9)4-6-19-5-3-12/h7H,3-6H2,1-2H3. The molecule has 0 fully saturated rings. The Hall–Kier alpha value is -1.60. The molecule has 0 N–H and O–H groups in total. The molecule has 19 heavy (non-hydrogen) atoms. The van der Waals surface area contributed by atoms with Gasteiger partial charge in [-0.25, -0.2) is 9.78 Å². The summed E-state index contributed by atoms with van der Waals surface area (Å²) < 4.78 is 9.38. The Morgan fingerprint density at radius 3 is 2.68 bits per heavy atom. The van der Waals surface area contributed by atoms with Gasteiger partial charge < -0.3 is 9.30 Å². The minimum absolute atomic E-state index is 0.354. The van der Waals surface area contributed by atoms with Crippen molar-refractivity contribution in [1.82, 2.24) is 18.7 Å². The molecule has 7 nitrogen and oxygen atoms in total. The smallest absolute Gasteiger partial charge is 0.332 e. The van der Waals surface area contributed by atoms with E-state index in [1.54, 1.807) is 11.6 Å². The highest BCUT2D eigenvalue weighted by atomic mass is 35.5. The summed E-state index contributed by atoms with van der Waals surface area (Å²) >= 11 is 5.51. The van der Waals surface area contributed by atoms with E-state index in [4.69, 9.17) is 16.3 Å². The fraction of sp³-hybridized carbons (Fsp3) is 0.545. The van der Waals surface area contributed by atoms with Gasteiger partial charge in [-0.05, 0) is 0 Å². The van der Waals surface area contributed by atoms with Gasteiger partial charge in [-0.3, -0.25) is 13.9 Å². The highest BCUT2D eigenvalue weighted by Crippen LogP contribution is 2.05. The third kappa shape index (κ3) is 2.43. The molecule has 2 heterocycles. The maximum absolute atomic E-state index is 12.1. The number of aromatic nitrogens is 4. The normalized spacial score (nSPS) is 11.3. The molecule has 0 saturated carbocycles. The fourth-order valence-corrected chi connectivity index (χ4v) is 2.00. The van der Waals surface area contributed by atoms with Gasteiger partial charge in [-0.15, -0.1) is 11.6 Å². The lowest BCUT2D eigenvalue weighted by Crippen LogP contribution is -2.37. The molecule has 0 radical (unpaired) electrons. The van der Waals surface area contributed by atoms with Gasteiger partial charge in [0, 0.05) is 26.5 Å². The van der Waals surface area contributed by atoms with Crippen molar-refractivity contribution in [3.63, 3.8) is 0 Å². The molecule has 0 bridgehead atoms. The highest BCUT2D eigenvalue weighted by molar-refractivity contribution is 6.17. The molecule has 2 rings (SSSR count). The van der Waals surface area contributed by atoms with Crippen molar-refractivity contribution in [3.8, 4) is 0 Å². The van der Waals surface area contributed by atoms with Gasteiger partial charge in [0.1, 0.15) is 0 Å². The number of halogens is 1. The Kier molecular flexibility index (Phi) is 4.06. The molecule has 0 unspecified atom stereocenters. The largest absolute Gasteiger partial charge is 0.378 e. The van der Waals surface area contributed by atoms with Gasteiger partial charge in [-0.2, -0.15) is 0 Å². The maximum atomic E-state index is 12.1. The van der Waals surface area contributed by atoms with E-state index in [9.17, 15) is 9.59 Å². The molecule has 0 aliphatic rings. The Labute approximate surface area is 114 Å². The van der Waals surface area contributed by atoms with Gasteiger partial charge in [0.2, 0.25) is 0 Å². The summed E-state index contributed by atoms with van der Waals surface area (Å²) in [5.74, 6) is 0.431. The van der Waals surface area contributed by atoms with Crippen LogP contribution in [0.2, 0.25) is 0 Å². The molecule has 0 atom stereocenters. The van der Waals surface area contributed by atoms with E-state index in [1.807, 2.05) is 0 Å². The average Bonchev–Trinajstić information content (AvgIpc) is 2.83. The molecule has 0 aliphatic heterocycles. The zero-order valence-corrected chi connectivity index (χ0v) is 11.6. The van der Waals surface area contributed by atoms with Gasteiger partial charge in [0.05, 0.1) is 19.5 Å². The lowest BCUT2D eigenvalue weighted by molar-refractivity contribution is 0.141. The first-order valence-corrected chi connectivity index (χ1v) is 6.36. The van der Waals surface area contributed by atoms with E-state index in [0.717, 1.165) is 4.57 Å². The number of hydrogen-bond acceptors (Lipinski definition) is 4. The number of ether oxygens (including phenoxy) is 1. The summed E-state index contributed by atoms with van der Waals surface area (Å²) in [5, 5.41) is 0. The van der Waals surface area contributed by atoms with Crippen LogP contribution in [0.5, 0.6) is 0 Å². The minimum Gasteiger partial charge on any atom is -0.378 e. The van der Waals surface area contributed by atoms with Crippen molar-refractivity contribution in [1.29, 1.82) is 0 Å². The third-order valence-corrected chi connectivity index (χ3v) is 3.07. The Bertz CT molecular complexity index is 700. The van der Waals surface area contributed by atoms with Crippen molar-refractivity contribution in [2.24, 2.45) is 14.1 Å². The molecule has 104 valence electrons. The monoisotopic (exact) mass is 286 g/mol. The van der Waals surface area contributed by atoms with Crippen LogP contribution in [0.25, 0.3) is 11.2 Å². The van der Waals surface area contributed by atoms with Crippen LogP contribution in [-0.2, 0) is 25.4 Å². The topological polar surface area (TPSA) is 71.0 Å². The first-order chi connectivity index (χ1) is 9.07. The summed E-state index contributed by atoms with van der Waals surface area (Å²) in [5.41, 5.74) is 0.0404. The number of nitrogens with zero attached hydrogens (tertiary/aromatic N) is 4. The number of alkyl halides is 1. The van der Waals surface area contributed by atoms with Crippen LogP contribution in [0.15, 0.2) is 15.9 Å². The van der Waals surface area contributed by atoms with E-state index in [0.29, 0.717) is 36.8 Å². The SMILES string of the molecule is Cn1c(=O)c2c(ncn2CCOCCCl)n(C)c1=O. The molecule has 0 aromatic carbocycles. The molecule has 0 spiro atoms. The lowest BCUT2D eigenvalue weighted by atomic mass is 10.5. The first-order valence-electron chi connectivity index (χ1n) is 5.82. The van der Waals surface area contributed by atoms with Crippen LogP contribution in [0.1, 0.15) is 0 Å². The zero-order chi connectivity index (χ0) is 14.0. The molecular weight excluding hydrogens is 272 g/mol. The summed E-state index contributed by atoms with van der Waals surface area (Å²) in [4.78, 5) is 28.0. The van der Waals surface area contributed by atoms with Crippen LogP contribution < -0.4 is 11.2 Å². The van der Waals surface area contributed by atoms with Crippen LogP contribution in [0.4, 0.5) is 0 Å². The summed E-state index contributed by atoms with van der Waals surface area (Å²) in [6.07, 6.45) is 1.54. The Morgan fingerprint density at radius 2 is 2.00 bits per heavy atom. The summed E-state index contributed by atoms with van der Waals surface area (Å²) in [7, 11) is 3.04. The second-order valence-corrected chi connectivity index (χ2v) is 4.50. The van der Waals surface area contributed by atoms with Crippen molar-refractivity contribution in [2.45, 2.75) is 6.54 Å². The molecule has 8 heteroatoms. The van der Waals surface area contributed by atoms with Crippen LogP contribution >= 0.6 is 11.6 Å². The lowest BCUT2D eigenvalue weighted by Gasteiger charge is -2.06. The number of imidazole rings is 1. The maximum Gasteiger partial charge on any atom is 0.332 e. The van der Waals surface area contributed by atoms with Gasteiger partial charge >= 0.3 is 5.69 Å². The molecule has 2 aromatic rings. The van der Waals surface area contributed by atoms with Crippen molar-refractivity contribution >= 4 is 22.8 Å². The average molecular weight is 287 g/mol. The first kappa shape index (κ1) is 13.8. The molecule has 2 aromatic heterocycles. The zero-order valence-electron chi connectivity index (χ0n) is 10.8. The van der Waals surface area contributed by atoms with E-state index in [1.165, 1.54) is 17.9 Å². The predicted octanol–water partition coefficient (Wildman–Crippen LogP) is -0.311. The second kappa shape index (κ2) is 5.58. The van der Waals surface area contributed by atoms with E-state index in [-0.39, 0.29) is 11.2 Å². The third-order valence-electron chi connectivity index (χ3n) is 2.92. The van der Waals surface area contributed by atoms with Crippen molar-refractivity contribution in [3.05, 3.63) is 27.2 Å². The molecule has 0 amide bonds. The molecular formula is C11H15ClN4O3. The molecule has 0 aliphatic carbocycles. The quantitative estimate of drug-likeness (QED) is 0.558. The van der Waals surface area contributed by atoms with Crippen LogP contribution in [-0.4, -0.2) is 37.8 Å². The highest BCUT2D eigenvalue weighted by Gasteiger charge is 2.13. The summed E-state index contributed by atoms with van der Waals surface area (Å²) in [6, 6.07) is 0.